The molecule has 1 fully saturated rings. The van der Waals surface area contributed by atoms with E-state index in [2.05, 4.69) is 6.20 Å². The Bertz CT molecular complexity index is 473. The standard InChI is InChI=1S/C16H23NO2.ClH/c1-17(2)12-14-7-4-5-10-16(14,18)13-8-6-9-15(11-13)19-3;/h6,8-9,11-12,18H,4-5,7,10H2,1-3H3;1H/b14-12+;. The second-order valence-corrected chi connectivity index (χ2v) is 5.42. The first-order valence-corrected chi connectivity index (χ1v) is 6.81. The van der Waals surface area contributed by atoms with Crippen LogP contribution in [0, 0.1) is 0 Å². The van der Waals surface area contributed by atoms with Gasteiger partial charge in [0.25, 0.3) is 0 Å². The molecule has 1 atom stereocenters. The summed E-state index contributed by atoms with van der Waals surface area (Å²) in [6.07, 6.45) is 5.98. The maximum absolute atomic E-state index is 11.1. The van der Waals surface area contributed by atoms with Crippen molar-refractivity contribution in [2.75, 3.05) is 21.2 Å². The Kier molecular flexibility index (Phi) is 5.90. The molecule has 112 valence electrons. The van der Waals surface area contributed by atoms with E-state index in [1.807, 2.05) is 43.3 Å². The Balaban J connectivity index is 0.00000200. The van der Waals surface area contributed by atoms with E-state index in [1.54, 1.807) is 7.11 Å². The minimum Gasteiger partial charge on any atom is -0.497 e. The predicted molar refractivity (Wildman–Crippen MR) is 84.4 cm³/mol. The van der Waals surface area contributed by atoms with Gasteiger partial charge in [0.2, 0.25) is 0 Å². The average Bonchev–Trinajstić information content (AvgIpc) is 2.41. The molecule has 2 rings (SSSR count). The van der Waals surface area contributed by atoms with Crippen molar-refractivity contribution in [3.63, 3.8) is 0 Å². The number of hydrogen-bond donors (Lipinski definition) is 1. The topological polar surface area (TPSA) is 32.7 Å². The van der Waals surface area contributed by atoms with Gasteiger partial charge in [0.1, 0.15) is 11.4 Å². The van der Waals surface area contributed by atoms with Crippen molar-refractivity contribution in [2.24, 2.45) is 0 Å². The Morgan fingerprint density at radius 2 is 2.05 bits per heavy atom. The van der Waals surface area contributed by atoms with E-state index in [9.17, 15) is 5.11 Å². The normalized spacial score (nSPS) is 24.1. The molecule has 1 aliphatic carbocycles. The highest BCUT2D eigenvalue weighted by atomic mass is 35.5. The zero-order valence-corrected chi connectivity index (χ0v) is 13.2. The largest absolute Gasteiger partial charge is 0.497 e. The lowest BCUT2D eigenvalue weighted by atomic mass is 9.76. The van der Waals surface area contributed by atoms with Gasteiger partial charge < -0.3 is 14.7 Å². The molecule has 0 aromatic heterocycles. The third-order valence-electron chi connectivity index (χ3n) is 3.73. The molecule has 1 N–H and O–H groups in total. The summed E-state index contributed by atoms with van der Waals surface area (Å²) in [5, 5.41) is 11.1. The minimum atomic E-state index is -0.850. The highest BCUT2D eigenvalue weighted by Gasteiger charge is 2.36. The first-order valence-electron chi connectivity index (χ1n) is 6.81. The lowest BCUT2D eigenvalue weighted by molar-refractivity contribution is 0.0468. The lowest BCUT2D eigenvalue weighted by Gasteiger charge is -2.36. The van der Waals surface area contributed by atoms with Crippen LogP contribution in [0.15, 0.2) is 36.0 Å². The Hall–Kier alpha value is -1.19. The summed E-state index contributed by atoms with van der Waals surface area (Å²) in [5.74, 6) is 0.792. The summed E-state index contributed by atoms with van der Waals surface area (Å²) in [6, 6.07) is 7.77. The highest BCUT2D eigenvalue weighted by molar-refractivity contribution is 5.85. The number of hydrogen-bond acceptors (Lipinski definition) is 3. The van der Waals surface area contributed by atoms with Crippen LogP contribution in [0.5, 0.6) is 5.75 Å². The van der Waals surface area contributed by atoms with Crippen molar-refractivity contribution in [1.29, 1.82) is 0 Å². The second-order valence-electron chi connectivity index (χ2n) is 5.42. The van der Waals surface area contributed by atoms with Crippen molar-refractivity contribution in [2.45, 2.75) is 31.3 Å². The minimum absolute atomic E-state index is 0. The molecule has 1 unspecified atom stereocenters. The van der Waals surface area contributed by atoms with Gasteiger partial charge in [0.05, 0.1) is 7.11 Å². The maximum Gasteiger partial charge on any atom is 0.119 e. The molecule has 0 spiro atoms. The molecule has 3 nitrogen and oxygen atoms in total. The van der Waals surface area contributed by atoms with Crippen LogP contribution in [0.4, 0.5) is 0 Å². The zero-order chi connectivity index (χ0) is 13.9. The first-order chi connectivity index (χ1) is 9.06. The van der Waals surface area contributed by atoms with E-state index < -0.39 is 5.60 Å². The summed E-state index contributed by atoms with van der Waals surface area (Å²) in [4.78, 5) is 2.01. The number of rotatable bonds is 3. The molecule has 1 aromatic carbocycles. The number of halogens is 1. The van der Waals surface area contributed by atoms with Gasteiger partial charge in [0.15, 0.2) is 0 Å². The summed E-state index contributed by atoms with van der Waals surface area (Å²) >= 11 is 0. The van der Waals surface area contributed by atoms with Crippen LogP contribution in [-0.4, -0.2) is 31.2 Å². The van der Waals surface area contributed by atoms with Crippen LogP contribution in [0.2, 0.25) is 0 Å². The molecule has 1 aromatic rings. The van der Waals surface area contributed by atoms with Crippen LogP contribution in [0.25, 0.3) is 0 Å². The molecule has 0 aliphatic heterocycles. The number of ether oxygens (including phenoxy) is 1. The summed E-state index contributed by atoms with van der Waals surface area (Å²) in [6.45, 7) is 0. The van der Waals surface area contributed by atoms with Crippen molar-refractivity contribution in [1.82, 2.24) is 4.90 Å². The molecule has 0 heterocycles. The molecule has 1 aliphatic rings. The van der Waals surface area contributed by atoms with Crippen molar-refractivity contribution in [3.05, 3.63) is 41.6 Å². The van der Waals surface area contributed by atoms with Gasteiger partial charge >= 0.3 is 0 Å². The predicted octanol–water partition coefficient (Wildman–Crippen LogP) is 3.32. The molecule has 20 heavy (non-hydrogen) atoms. The van der Waals surface area contributed by atoms with Gasteiger partial charge in [-0.3, -0.25) is 0 Å². The van der Waals surface area contributed by atoms with Gasteiger partial charge in [-0.05, 0) is 49.0 Å². The quantitative estimate of drug-likeness (QED) is 0.929. The number of nitrogens with zero attached hydrogens (tertiary/aromatic N) is 1. The lowest BCUT2D eigenvalue weighted by Crippen LogP contribution is -2.32. The molecule has 0 bridgehead atoms. The maximum atomic E-state index is 11.1. The van der Waals surface area contributed by atoms with E-state index in [4.69, 9.17) is 4.74 Å². The fourth-order valence-corrected chi connectivity index (χ4v) is 2.76. The molecule has 4 heteroatoms. The van der Waals surface area contributed by atoms with Crippen molar-refractivity contribution < 1.29 is 9.84 Å². The molecule has 0 saturated heterocycles. The molecule has 1 saturated carbocycles. The SMILES string of the molecule is COc1cccc(C2(O)CCCC/C2=C\N(C)C)c1.Cl. The van der Waals surface area contributed by atoms with E-state index in [0.717, 1.165) is 42.6 Å². The second kappa shape index (κ2) is 7.00. The third-order valence-corrected chi connectivity index (χ3v) is 3.73. The number of aliphatic hydroxyl groups is 1. The van der Waals surface area contributed by atoms with Crippen LogP contribution >= 0.6 is 12.4 Å². The fourth-order valence-electron chi connectivity index (χ4n) is 2.76. The van der Waals surface area contributed by atoms with Crippen LogP contribution in [-0.2, 0) is 5.60 Å². The summed E-state index contributed by atoms with van der Waals surface area (Å²) in [7, 11) is 5.64. The fraction of sp³-hybridized carbons (Fsp3) is 0.500. The number of benzene rings is 1. The van der Waals surface area contributed by atoms with E-state index in [-0.39, 0.29) is 12.4 Å². The molecular formula is C16H24ClNO2. The summed E-state index contributed by atoms with van der Waals surface area (Å²) in [5.41, 5.74) is 1.17. The highest BCUT2D eigenvalue weighted by Crippen LogP contribution is 2.42. The van der Waals surface area contributed by atoms with Gasteiger partial charge in [-0.2, -0.15) is 0 Å². The Morgan fingerprint density at radius 3 is 2.70 bits per heavy atom. The molecule has 0 amide bonds. The third kappa shape index (κ3) is 3.47. The van der Waals surface area contributed by atoms with Crippen LogP contribution in [0.1, 0.15) is 31.2 Å². The molecule has 0 radical (unpaired) electrons. The Labute approximate surface area is 127 Å². The summed E-state index contributed by atoms with van der Waals surface area (Å²) < 4.78 is 5.27. The Morgan fingerprint density at radius 1 is 1.30 bits per heavy atom. The van der Waals surface area contributed by atoms with Gasteiger partial charge in [-0.25, -0.2) is 0 Å². The number of methoxy groups -OCH3 is 1. The van der Waals surface area contributed by atoms with Crippen molar-refractivity contribution >= 4 is 12.4 Å². The van der Waals surface area contributed by atoms with Crippen LogP contribution in [0.3, 0.4) is 0 Å². The van der Waals surface area contributed by atoms with Gasteiger partial charge in [-0.15, -0.1) is 12.4 Å². The monoisotopic (exact) mass is 297 g/mol. The van der Waals surface area contributed by atoms with Gasteiger partial charge in [-0.1, -0.05) is 12.1 Å². The molecular weight excluding hydrogens is 274 g/mol. The van der Waals surface area contributed by atoms with Gasteiger partial charge in [0, 0.05) is 20.3 Å². The smallest absolute Gasteiger partial charge is 0.119 e. The average molecular weight is 298 g/mol. The van der Waals surface area contributed by atoms with Crippen LogP contribution < -0.4 is 4.74 Å². The zero-order valence-electron chi connectivity index (χ0n) is 12.4. The van der Waals surface area contributed by atoms with E-state index in [1.165, 1.54) is 0 Å². The van der Waals surface area contributed by atoms with E-state index in [0.29, 0.717) is 0 Å². The van der Waals surface area contributed by atoms with E-state index >= 15 is 0 Å². The first kappa shape index (κ1) is 16.9. The van der Waals surface area contributed by atoms with Crippen molar-refractivity contribution in [3.8, 4) is 5.75 Å².